The van der Waals surface area contributed by atoms with Crippen LogP contribution >= 0.6 is 0 Å². The highest BCUT2D eigenvalue weighted by Crippen LogP contribution is 2.04. The molecule has 0 spiro atoms. The van der Waals surface area contributed by atoms with E-state index >= 15 is 0 Å². The SMILES string of the molecule is N#Cc1cnc(NN2CCOCC2)cn1. The van der Waals surface area contributed by atoms with Gasteiger partial charge in [0.15, 0.2) is 11.5 Å². The van der Waals surface area contributed by atoms with Crippen LogP contribution in [0.2, 0.25) is 0 Å². The van der Waals surface area contributed by atoms with Gasteiger partial charge in [0.25, 0.3) is 0 Å². The Kier molecular flexibility index (Phi) is 3.07. The van der Waals surface area contributed by atoms with Gasteiger partial charge >= 0.3 is 0 Å². The number of morpholine rings is 1. The summed E-state index contributed by atoms with van der Waals surface area (Å²) in [6, 6.07) is 1.92. The van der Waals surface area contributed by atoms with Gasteiger partial charge in [-0.1, -0.05) is 0 Å². The van der Waals surface area contributed by atoms with E-state index in [-0.39, 0.29) is 0 Å². The predicted molar refractivity (Wildman–Crippen MR) is 52.8 cm³/mol. The van der Waals surface area contributed by atoms with Crippen molar-refractivity contribution in [2.24, 2.45) is 0 Å². The first-order valence-corrected chi connectivity index (χ1v) is 4.70. The average Bonchev–Trinajstić information content (AvgIpc) is 2.31. The lowest BCUT2D eigenvalue weighted by Crippen LogP contribution is -2.40. The molecule has 0 atom stereocenters. The number of nitrogens with one attached hydrogen (secondary N) is 1. The van der Waals surface area contributed by atoms with Crippen molar-refractivity contribution < 1.29 is 4.74 Å². The van der Waals surface area contributed by atoms with E-state index in [0.29, 0.717) is 11.5 Å². The molecule has 0 aliphatic carbocycles. The van der Waals surface area contributed by atoms with Crippen LogP contribution in [0.3, 0.4) is 0 Å². The van der Waals surface area contributed by atoms with Gasteiger partial charge in [0.2, 0.25) is 0 Å². The zero-order chi connectivity index (χ0) is 10.5. The van der Waals surface area contributed by atoms with Gasteiger partial charge in [0.05, 0.1) is 25.6 Å². The van der Waals surface area contributed by atoms with Gasteiger partial charge in [-0.3, -0.25) is 0 Å². The molecule has 2 heterocycles. The van der Waals surface area contributed by atoms with Crippen molar-refractivity contribution >= 4 is 5.82 Å². The Bertz CT molecular complexity index is 352. The summed E-state index contributed by atoms with van der Waals surface area (Å²) in [6.45, 7) is 3.08. The molecule has 0 amide bonds. The smallest absolute Gasteiger partial charge is 0.159 e. The molecule has 1 aromatic rings. The Morgan fingerprint density at radius 1 is 1.33 bits per heavy atom. The van der Waals surface area contributed by atoms with Gasteiger partial charge in [-0.25, -0.2) is 15.0 Å². The molecule has 0 radical (unpaired) electrons. The third-order valence-corrected chi connectivity index (χ3v) is 2.05. The Morgan fingerprint density at radius 2 is 2.13 bits per heavy atom. The van der Waals surface area contributed by atoms with E-state index in [4.69, 9.17) is 10.00 Å². The minimum absolute atomic E-state index is 0.322. The number of nitriles is 1. The Balaban J connectivity index is 1.95. The van der Waals surface area contributed by atoms with Gasteiger partial charge < -0.3 is 10.2 Å². The number of hydrazine groups is 1. The summed E-state index contributed by atoms with van der Waals surface area (Å²) < 4.78 is 5.21. The van der Waals surface area contributed by atoms with E-state index in [1.165, 1.54) is 6.20 Å². The molecule has 1 N–H and O–H groups in total. The number of anilines is 1. The first-order valence-electron chi connectivity index (χ1n) is 4.70. The zero-order valence-corrected chi connectivity index (χ0v) is 8.18. The summed E-state index contributed by atoms with van der Waals surface area (Å²) in [6.07, 6.45) is 3.00. The fraction of sp³-hybridized carbons (Fsp3) is 0.444. The molecular weight excluding hydrogens is 194 g/mol. The van der Waals surface area contributed by atoms with E-state index in [0.717, 1.165) is 26.3 Å². The maximum Gasteiger partial charge on any atom is 0.159 e. The summed E-state index contributed by atoms with van der Waals surface area (Å²) in [4.78, 5) is 7.98. The largest absolute Gasteiger partial charge is 0.379 e. The standard InChI is InChI=1S/C9H11N5O/c10-5-8-6-12-9(7-11-8)13-14-1-3-15-4-2-14/h6-7H,1-4H2,(H,12,13). The second-order valence-corrected chi connectivity index (χ2v) is 3.11. The summed E-state index contributed by atoms with van der Waals surface area (Å²) in [7, 11) is 0. The second-order valence-electron chi connectivity index (χ2n) is 3.11. The van der Waals surface area contributed by atoms with Crippen LogP contribution in [0, 0.1) is 11.3 Å². The number of rotatable bonds is 2. The lowest BCUT2D eigenvalue weighted by molar-refractivity contribution is 0.0494. The summed E-state index contributed by atoms with van der Waals surface area (Å²) >= 11 is 0. The Hall–Kier alpha value is -1.71. The highest BCUT2D eigenvalue weighted by Gasteiger charge is 2.10. The van der Waals surface area contributed by atoms with Crippen LogP contribution < -0.4 is 5.43 Å². The summed E-state index contributed by atoms with van der Waals surface area (Å²) in [5, 5.41) is 10.6. The molecule has 1 saturated heterocycles. The van der Waals surface area contributed by atoms with Crippen LogP contribution in [0.5, 0.6) is 0 Å². The Morgan fingerprint density at radius 3 is 2.73 bits per heavy atom. The first kappa shape index (κ1) is 9.83. The van der Waals surface area contributed by atoms with E-state index in [2.05, 4.69) is 15.4 Å². The third-order valence-electron chi connectivity index (χ3n) is 2.05. The molecule has 6 nitrogen and oxygen atoms in total. The van der Waals surface area contributed by atoms with E-state index in [9.17, 15) is 0 Å². The molecule has 0 bridgehead atoms. The van der Waals surface area contributed by atoms with Crippen LogP contribution in [0.4, 0.5) is 5.82 Å². The molecular formula is C9H11N5O. The number of hydrogen-bond acceptors (Lipinski definition) is 6. The molecule has 1 aliphatic heterocycles. The molecule has 2 rings (SSSR count). The van der Waals surface area contributed by atoms with Crippen molar-refractivity contribution in [2.75, 3.05) is 31.7 Å². The monoisotopic (exact) mass is 205 g/mol. The second kappa shape index (κ2) is 4.68. The molecule has 1 fully saturated rings. The maximum absolute atomic E-state index is 8.55. The maximum atomic E-state index is 8.55. The number of nitrogens with zero attached hydrogens (tertiary/aromatic N) is 4. The van der Waals surface area contributed by atoms with Crippen molar-refractivity contribution in [3.05, 3.63) is 18.1 Å². The molecule has 1 aliphatic rings. The van der Waals surface area contributed by atoms with Crippen molar-refractivity contribution in [2.45, 2.75) is 0 Å². The molecule has 0 unspecified atom stereocenters. The van der Waals surface area contributed by atoms with Crippen molar-refractivity contribution in [3.8, 4) is 6.07 Å². The highest BCUT2D eigenvalue weighted by molar-refractivity contribution is 5.31. The summed E-state index contributed by atoms with van der Waals surface area (Å²) in [5.74, 6) is 0.649. The number of hydrogen-bond donors (Lipinski definition) is 1. The van der Waals surface area contributed by atoms with E-state index in [1.54, 1.807) is 6.20 Å². The van der Waals surface area contributed by atoms with Gasteiger partial charge in [0, 0.05) is 13.1 Å². The first-order chi connectivity index (χ1) is 7.38. The molecule has 6 heteroatoms. The minimum atomic E-state index is 0.322. The van der Waals surface area contributed by atoms with Crippen LogP contribution in [0.25, 0.3) is 0 Å². The Labute approximate surface area is 87.5 Å². The van der Waals surface area contributed by atoms with Gasteiger partial charge in [-0.2, -0.15) is 5.26 Å². The fourth-order valence-electron chi connectivity index (χ4n) is 1.28. The molecule has 1 aromatic heterocycles. The highest BCUT2D eigenvalue weighted by atomic mass is 16.5. The van der Waals surface area contributed by atoms with E-state index in [1.807, 2.05) is 11.1 Å². The zero-order valence-electron chi connectivity index (χ0n) is 8.18. The van der Waals surface area contributed by atoms with E-state index < -0.39 is 0 Å². The lowest BCUT2D eigenvalue weighted by atomic mass is 10.5. The lowest BCUT2D eigenvalue weighted by Gasteiger charge is -2.27. The quantitative estimate of drug-likeness (QED) is 0.733. The van der Waals surface area contributed by atoms with Gasteiger partial charge in [-0.15, -0.1) is 0 Å². The fourth-order valence-corrected chi connectivity index (χ4v) is 1.28. The molecule has 78 valence electrons. The topological polar surface area (TPSA) is 74.1 Å². The predicted octanol–water partition coefficient (Wildman–Crippen LogP) is 0.00738. The van der Waals surface area contributed by atoms with Crippen molar-refractivity contribution in [3.63, 3.8) is 0 Å². The molecule has 0 aromatic carbocycles. The summed E-state index contributed by atoms with van der Waals surface area (Å²) in [5.41, 5.74) is 3.42. The molecule has 15 heavy (non-hydrogen) atoms. The van der Waals surface area contributed by atoms with Gasteiger partial charge in [-0.05, 0) is 0 Å². The van der Waals surface area contributed by atoms with Crippen LogP contribution in [0.15, 0.2) is 12.4 Å². The normalized spacial score (nSPS) is 17.0. The molecule has 0 saturated carbocycles. The third kappa shape index (κ3) is 2.62. The van der Waals surface area contributed by atoms with Gasteiger partial charge in [0.1, 0.15) is 6.07 Å². The minimum Gasteiger partial charge on any atom is -0.379 e. The number of ether oxygens (including phenoxy) is 1. The van der Waals surface area contributed by atoms with Crippen LogP contribution in [-0.2, 0) is 4.74 Å². The van der Waals surface area contributed by atoms with Crippen LogP contribution in [-0.4, -0.2) is 41.3 Å². The average molecular weight is 205 g/mol. The van der Waals surface area contributed by atoms with Crippen molar-refractivity contribution in [1.29, 1.82) is 5.26 Å². The number of aromatic nitrogens is 2. The van der Waals surface area contributed by atoms with Crippen molar-refractivity contribution in [1.82, 2.24) is 15.0 Å². The van der Waals surface area contributed by atoms with Crippen LogP contribution in [0.1, 0.15) is 5.69 Å².